The van der Waals surface area contributed by atoms with Crippen LogP contribution >= 0.6 is 0 Å². The normalized spacial score (nSPS) is 10.2. The number of benzene rings is 1. The van der Waals surface area contributed by atoms with E-state index in [1.54, 1.807) is 19.1 Å². The first kappa shape index (κ1) is 13.6. The summed E-state index contributed by atoms with van der Waals surface area (Å²) in [6.07, 6.45) is 0. The molecule has 1 heterocycles. The Kier molecular flexibility index (Phi) is 3.69. The predicted molar refractivity (Wildman–Crippen MR) is 70.8 cm³/mol. The Balaban J connectivity index is 2.03. The van der Waals surface area contributed by atoms with E-state index < -0.39 is 10.9 Å². The number of hydrogen-bond acceptors (Lipinski definition) is 5. The van der Waals surface area contributed by atoms with Crippen LogP contribution in [0.25, 0.3) is 0 Å². The van der Waals surface area contributed by atoms with Gasteiger partial charge in [0, 0.05) is 17.8 Å². The van der Waals surface area contributed by atoms with Crippen molar-refractivity contribution in [3.8, 4) is 0 Å². The molecule has 7 heteroatoms. The summed E-state index contributed by atoms with van der Waals surface area (Å²) in [6.45, 7) is 1.88. The van der Waals surface area contributed by atoms with Crippen LogP contribution in [0.15, 0.2) is 34.7 Å². The highest BCUT2D eigenvalue weighted by Gasteiger charge is 2.13. The SMILES string of the molecule is Cc1oc(CNc2ccc([N+](=O)[O-])cc2)cc1C(=O)O. The van der Waals surface area contributed by atoms with Crippen molar-refractivity contribution in [3.05, 3.63) is 57.5 Å². The number of carboxylic acids is 1. The molecule has 0 radical (unpaired) electrons. The number of nitro benzene ring substituents is 1. The number of anilines is 1. The number of furan rings is 1. The van der Waals surface area contributed by atoms with Crippen molar-refractivity contribution < 1.29 is 19.2 Å². The molecule has 0 atom stereocenters. The minimum Gasteiger partial charge on any atom is -0.478 e. The number of nitro groups is 1. The van der Waals surface area contributed by atoms with E-state index in [-0.39, 0.29) is 11.3 Å². The van der Waals surface area contributed by atoms with Gasteiger partial charge in [-0.1, -0.05) is 0 Å². The molecule has 7 nitrogen and oxygen atoms in total. The Morgan fingerprint density at radius 3 is 2.55 bits per heavy atom. The maximum atomic E-state index is 10.9. The highest BCUT2D eigenvalue weighted by atomic mass is 16.6. The summed E-state index contributed by atoms with van der Waals surface area (Å²) in [5, 5.41) is 22.4. The minimum absolute atomic E-state index is 0.0116. The van der Waals surface area contributed by atoms with E-state index >= 15 is 0 Å². The Bertz CT molecular complexity index is 645. The van der Waals surface area contributed by atoms with Crippen LogP contribution in [-0.2, 0) is 6.54 Å². The van der Waals surface area contributed by atoms with Crippen molar-refractivity contribution in [2.24, 2.45) is 0 Å². The van der Waals surface area contributed by atoms with Gasteiger partial charge < -0.3 is 14.8 Å². The Hall–Kier alpha value is -2.83. The van der Waals surface area contributed by atoms with E-state index in [2.05, 4.69) is 5.32 Å². The molecule has 0 spiro atoms. The van der Waals surface area contributed by atoms with Gasteiger partial charge in [-0.05, 0) is 25.1 Å². The number of aryl methyl sites for hydroxylation is 1. The number of carboxylic acid groups (broad SMARTS) is 1. The maximum Gasteiger partial charge on any atom is 0.339 e. The average molecular weight is 276 g/mol. The molecule has 2 N–H and O–H groups in total. The molecule has 1 aromatic carbocycles. The first-order valence-electron chi connectivity index (χ1n) is 5.78. The topological polar surface area (TPSA) is 106 Å². The second-order valence-corrected chi connectivity index (χ2v) is 4.15. The molecule has 1 aromatic heterocycles. The first-order chi connectivity index (χ1) is 9.47. The van der Waals surface area contributed by atoms with Gasteiger partial charge in [-0.2, -0.15) is 0 Å². The lowest BCUT2D eigenvalue weighted by atomic mass is 10.2. The van der Waals surface area contributed by atoms with E-state index in [1.165, 1.54) is 18.2 Å². The number of hydrogen-bond donors (Lipinski definition) is 2. The summed E-state index contributed by atoms with van der Waals surface area (Å²) < 4.78 is 5.31. The van der Waals surface area contributed by atoms with Gasteiger partial charge in [0.05, 0.1) is 11.5 Å². The molecule has 0 bridgehead atoms. The zero-order valence-corrected chi connectivity index (χ0v) is 10.6. The summed E-state index contributed by atoms with van der Waals surface area (Å²) in [5.74, 6) is -0.205. The monoisotopic (exact) mass is 276 g/mol. The molecule has 20 heavy (non-hydrogen) atoms. The molecule has 0 fully saturated rings. The van der Waals surface area contributed by atoms with E-state index in [0.29, 0.717) is 23.8 Å². The quantitative estimate of drug-likeness (QED) is 0.642. The van der Waals surface area contributed by atoms with Crippen molar-refractivity contribution in [1.82, 2.24) is 0 Å². The summed E-state index contributed by atoms with van der Waals surface area (Å²) in [7, 11) is 0. The van der Waals surface area contributed by atoms with Gasteiger partial charge in [0.2, 0.25) is 0 Å². The van der Waals surface area contributed by atoms with E-state index in [0.717, 1.165) is 0 Å². The van der Waals surface area contributed by atoms with Crippen LogP contribution < -0.4 is 5.32 Å². The van der Waals surface area contributed by atoms with Gasteiger partial charge in [0.1, 0.15) is 17.1 Å². The predicted octanol–water partition coefficient (Wildman–Crippen LogP) is 2.81. The van der Waals surface area contributed by atoms with Gasteiger partial charge in [0.15, 0.2) is 0 Å². The molecule has 0 amide bonds. The molecule has 0 saturated heterocycles. The van der Waals surface area contributed by atoms with Crippen molar-refractivity contribution in [1.29, 1.82) is 0 Å². The molecule has 0 aliphatic rings. The summed E-state index contributed by atoms with van der Waals surface area (Å²) >= 11 is 0. The van der Waals surface area contributed by atoms with Crippen LogP contribution in [0.4, 0.5) is 11.4 Å². The molecule has 2 aromatic rings. The number of aromatic carboxylic acids is 1. The van der Waals surface area contributed by atoms with Crippen LogP contribution in [0.3, 0.4) is 0 Å². The fourth-order valence-corrected chi connectivity index (χ4v) is 1.73. The molecule has 104 valence electrons. The van der Waals surface area contributed by atoms with Gasteiger partial charge in [0.25, 0.3) is 5.69 Å². The molecule has 0 unspecified atom stereocenters. The highest BCUT2D eigenvalue weighted by molar-refractivity contribution is 5.88. The van der Waals surface area contributed by atoms with E-state index in [9.17, 15) is 14.9 Å². The van der Waals surface area contributed by atoms with Gasteiger partial charge in [-0.15, -0.1) is 0 Å². The number of carbonyl (C=O) groups is 1. The standard InChI is InChI=1S/C13H12N2O5/c1-8-12(13(16)17)6-11(20-8)7-14-9-2-4-10(5-3-9)15(18)19/h2-6,14H,7H2,1H3,(H,16,17). The smallest absolute Gasteiger partial charge is 0.339 e. The molecule has 0 aliphatic heterocycles. The summed E-state index contributed by atoms with van der Waals surface area (Å²) in [5.41, 5.74) is 0.824. The fourth-order valence-electron chi connectivity index (χ4n) is 1.73. The summed E-state index contributed by atoms with van der Waals surface area (Å²) in [6, 6.07) is 7.38. The third-order valence-corrected chi connectivity index (χ3v) is 2.74. The van der Waals surface area contributed by atoms with E-state index in [1.807, 2.05) is 0 Å². The van der Waals surface area contributed by atoms with Crippen molar-refractivity contribution in [2.75, 3.05) is 5.32 Å². The number of nitrogens with one attached hydrogen (secondary N) is 1. The van der Waals surface area contributed by atoms with Gasteiger partial charge in [-0.3, -0.25) is 10.1 Å². The Labute approximate surface area is 114 Å². The number of rotatable bonds is 5. The highest BCUT2D eigenvalue weighted by Crippen LogP contribution is 2.18. The lowest BCUT2D eigenvalue weighted by Crippen LogP contribution is -1.98. The second-order valence-electron chi connectivity index (χ2n) is 4.15. The molecular weight excluding hydrogens is 264 g/mol. The van der Waals surface area contributed by atoms with Crippen LogP contribution in [0, 0.1) is 17.0 Å². The lowest BCUT2D eigenvalue weighted by molar-refractivity contribution is -0.384. The molecule has 0 saturated carbocycles. The number of nitrogens with zero attached hydrogens (tertiary/aromatic N) is 1. The van der Waals surface area contributed by atoms with Crippen LogP contribution in [0.5, 0.6) is 0 Å². The first-order valence-corrected chi connectivity index (χ1v) is 5.78. The number of non-ortho nitro benzene ring substituents is 1. The average Bonchev–Trinajstić information content (AvgIpc) is 2.78. The zero-order chi connectivity index (χ0) is 14.7. The molecule has 0 aliphatic carbocycles. The fraction of sp³-hybridized carbons (Fsp3) is 0.154. The van der Waals surface area contributed by atoms with Gasteiger partial charge >= 0.3 is 5.97 Å². The third-order valence-electron chi connectivity index (χ3n) is 2.74. The van der Waals surface area contributed by atoms with Crippen LogP contribution in [-0.4, -0.2) is 16.0 Å². The van der Waals surface area contributed by atoms with Crippen LogP contribution in [0.2, 0.25) is 0 Å². The zero-order valence-electron chi connectivity index (χ0n) is 10.6. The maximum absolute atomic E-state index is 10.9. The van der Waals surface area contributed by atoms with E-state index in [4.69, 9.17) is 9.52 Å². The van der Waals surface area contributed by atoms with Crippen molar-refractivity contribution in [3.63, 3.8) is 0 Å². The minimum atomic E-state index is -1.03. The van der Waals surface area contributed by atoms with Crippen molar-refractivity contribution >= 4 is 17.3 Å². The van der Waals surface area contributed by atoms with Crippen LogP contribution in [0.1, 0.15) is 21.9 Å². The summed E-state index contributed by atoms with van der Waals surface area (Å²) in [4.78, 5) is 20.9. The molecule has 2 rings (SSSR count). The Morgan fingerprint density at radius 1 is 1.40 bits per heavy atom. The van der Waals surface area contributed by atoms with Crippen molar-refractivity contribution in [2.45, 2.75) is 13.5 Å². The van der Waals surface area contributed by atoms with Gasteiger partial charge in [-0.25, -0.2) is 4.79 Å². The largest absolute Gasteiger partial charge is 0.478 e. The molecular formula is C13H12N2O5. The second kappa shape index (κ2) is 5.43. The Morgan fingerprint density at radius 2 is 2.05 bits per heavy atom. The lowest BCUT2D eigenvalue weighted by Gasteiger charge is -2.03. The third kappa shape index (κ3) is 2.94.